The molecule has 0 saturated carbocycles. The molecule has 4 heterocycles. The van der Waals surface area contributed by atoms with Crippen LogP contribution in [0.5, 0.6) is 0 Å². The Morgan fingerprint density at radius 1 is 1.36 bits per heavy atom. The molecule has 0 spiro atoms. The van der Waals surface area contributed by atoms with E-state index in [1.54, 1.807) is 11.3 Å². The van der Waals surface area contributed by atoms with E-state index in [0.29, 0.717) is 6.61 Å². The van der Waals surface area contributed by atoms with Gasteiger partial charge in [0.2, 0.25) is 10.1 Å². The average Bonchev–Trinajstić information content (AvgIpc) is 3.14. The lowest BCUT2D eigenvalue weighted by atomic mass is 10.3. The third kappa shape index (κ3) is 2.59. The predicted octanol–water partition coefficient (Wildman–Crippen LogP) is 1.51. The molecular formula is C14H18N6OS. The first-order chi connectivity index (χ1) is 10.7. The van der Waals surface area contributed by atoms with Gasteiger partial charge in [0.05, 0.1) is 37.3 Å². The highest BCUT2D eigenvalue weighted by molar-refractivity contribution is 7.20. The second kappa shape index (κ2) is 5.36. The highest BCUT2D eigenvalue weighted by Gasteiger charge is 2.24. The molecule has 3 aromatic heterocycles. The predicted molar refractivity (Wildman–Crippen MR) is 84.5 cm³/mol. The van der Waals surface area contributed by atoms with E-state index in [-0.39, 0.29) is 6.10 Å². The van der Waals surface area contributed by atoms with Gasteiger partial charge in [0, 0.05) is 19.3 Å². The number of nitrogens with zero attached hydrogens (tertiary/aromatic N) is 6. The van der Waals surface area contributed by atoms with Crippen LogP contribution in [0.1, 0.15) is 11.3 Å². The molecule has 22 heavy (non-hydrogen) atoms. The lowest BCUT2D eigenvalue weighted by molar-refractivity contribution is 0.0273. The second-order valence-corrected chi connectivity index (χ2v) is 6.61. The fourth-order valence-electron chi connectivity index (χ4n) is 2.71. The van der Waals surface area contributed by atoms with E-state index in [0.717, 1.165) is 35.4 Å². The normalized spacial score (nSPS) is 19.2. The number of aromatic nitrogens is 5. The van der Waals surface area contributed by atoms with Gasteiger partial charge >= 0.3 is 0 Å². The number of rotatable bonds is 3. The molecular weight excluding hydrogens is 300 g/mol. The molecule has 116 valence electrons. The Bertz CT molecular complexity index is 759. The van der Waals surface area contributed by atoms with E-state index >= 15 is 0 Å². The van der Waals surface area contributed by atoms with E-state index in [1.807, 2.05) is 41.6 Å². The van der Waals surface area contributed by atoms with Crippen molar-refractivity contribution in [1.82, 2.24) is 24.4 Å². The Hall–Kier alpha value is -1.93. The van der Waals surface area contributed by atoms with Crippen LogP contribution in [0.4, 0.5) is 5.13 Å². The third-order valence-corrected chi connectivity index (χ3v) is 4.70. The Morgan fingerprint density at radius 2 is 2.27 bits per heavy atom. The average molecular weight is 318 g/mol. The molecule has 0 bridgehead atoms. The van der Waals surface area contributed by atoms with Crippen molar-refractivity contribution in [3.05, 3.63) is 29.8 Å². The molecule has 1 saturated heterocycles. The van der Waals surface area contributed by atoms with Gasteiger partial charge in [-0.3, -0.25) is 4.68 Å². The van der Waals surface area contributed by atoms with Gasteiger partial charge in [-0.25, -0.2) is 9.50 Å². The van der Waals surface area contributed by atoms with Crippen LogP contribution in [0.2, 0.25) is 0 Å². The molecule has 3 aromatic rings. The number of hydrogen-bond acceptors (Lipinski definition) is 6. The van der Waals surface area contributed by atoms with Crippen molar-refractivity contribution in [2.24, 2.45) is 0 Å². The van der Waals surface area contributed by atoms with Crippen LogP contribution < -0.4 is 4.90 Å². The van der Waals surface area contributed by atoms with Gasteiger partial charge in [-0.2, -0.15) is 5.10 Å². The summed E-state index contributed by atoms with van der Waals surface area (Å²) >= 11 is 1.63. The fraction of sp³-hybridized carbons (Fsp3) is 0.500. The lowest BCUT2D eigenvalue weighted by Crippen LogP contribution is -2.44. The molecule has 0 radical (unpaired) electrons. The van der Waals surface area contributed by atoms with Gasteiger partial charge in [-0.1, -0.05) is 11.3 Å². The summed E-state index contributed by atoms with van der Waals surface area (Å²) in [5, 5.41) is 9.97. The Kier molecular flexibility index (Phi) is 3.34. The van der Waals surface area contributed by atoms with Crippen LogP contribution in [0.3, 0.4) is 0 Å². The summed E-state index contributed by atoms with van der Waals surface area (Å²) < 4.78 is 9.67. The van der Waals surface area contributed by atoms with Crippen LogP contribution in [-0.4, -0.2) is 50.2 Å². The fourth-order valence-corrected chi connectivity index (χ4v) is 3.67. The van der Waals surface area contributed by atoms with Crippen molar-refractivity contribution in [2.75, 3.05) is 24.6 Å². The molecule has 7 nitrogen and oxygen atoms in total. The first kappa shape index (κ1) is 13.7. The van der Waals surface area contributed by atoms with Gasteiger partial charge in [0.1, 0.15) is 0 Å². The molecule has 1 fully saturated rings. The quantitative estimate of drug-likeness (QED) is 0.732. The number of fused-ring (bicyclic) bond motifs is 1. The maximum absolute atomic E-state index is 5.87. The monoisotopic (exact) mass is 318 g/mol. The first-order valence-electron chi connectivity index (χ1n) is 7.36. The molecule has 0 unspecified atom stereocenters. The van der Waals surface area contributed by atoms with E-state index in [9.17, 15) is 0 Å². The molecule has 1 aliphatic rings. The number of aryl methyl sites for hydroxylation is 2. The van der Waals surface area contributed by atoms with Crippen molar-refractivity contribution in [3.63, 3.8) is 0 Å². The summed E-state index contributed by atoms with van der Waals surface area (Å²) in [4.78, 5) is 7.68. The number of morpholine rings is 1. The summed E-state index contributed by atoms with van der Waals surface area (Å²) in [6, 6.07) is 0. The van der Waals surface area contributed by atoms with E-state index in [4.69, 9.17) is 4.74 Å². The zero-order valence-electron chi connectivity index (χ0n) is 12.6. The Labute approximate surface area is 132 Å². The maximum Gasteiger partial charge on any atom is 0.214 e. The number of hydrogen-bond donors (Lipinski definition) is 0. The zero-order chi connectivity index (χ0) is 15.1. The van der Waals surface area contributed by atoms with E-state index in [2.05, 4.69) is 20.1 Å². The Morgan fingerprint density at radius 3 is 3.05 bits per heavy atom. The minimum atomic E-state index is 0.131. The summed E-state index contributed by atoms with van der Waals surface area (Å²) in [7, 11) is 0. The van der Waals surface area contributed by atoms with Crippen LogP contribution in [0.25, 0.3) is 4.96 Å². The molecule has 0 aliphatic carbocycles. The Balaban J connectivity index is 1.48. The van der Waals surface area contributed by atoms with Crippen molar-refractivity contribution >= 4 is 21.4 Å². The topological polar surface area (TPSA) is 60.5 Å². The third-order valence-electron chi connectivity index (χ3n) is 3.72. The first-order valence-corrected chi connectivity index (χ1v) is 8.17. The van der Waals surface area contributed by atoms with E-state index in [1.165, 1.54) is 5.56 Å². The largest absolute Gasteiger partial charge is 0.373 e. The summed E-state index contributed by atoms with van der Waals surface area (Å²) in [6.45, 7) is 7.21. The summed E-state index contributed by atoms with van der Waals surface area (Å²) in [5.41, 5.74) is 2.17. The van der Waals surface area contributed by atoms with Gasteiger partial charge in [0.25, 0.3) is 0 Å². The van der Waals surface area contributed by atoms with E-state index < -0.39 is 0 Å². The second-order valence-electron chi connectivity index (χ2n) is 5.67. The minimum absolute atomic E-state index is 0.131. The molecule has 1 atom stereocenters. The van der Waals surface area contributed by atoms with Crippen molar-refractivity contribution < 1.29 is 4.74 Å². The van der Waals surface area contributed by atoms with Gasteiger partial charge in [-0.05, 0) is 19.4 Å². The summed E-state index contributed by atoms with van der Waals surface area (Å²) in [6.07, 6.45) is 6.01. The van der Waals surface area contributed by atoms with Gasteiger partial charge in [-0.15, -0.1) is 5.10 Å². The van der Waals surface area contributed by atoms with Crippen LogP contribution in [0.15, 0.2) is 18.6 Å². The molecule has 4 rings (SSSR count). The number of anilines is 1. The summed E-state index contributed by atoms with van der Waals surface area (Å²) in [5.74, 6) is 0. The van der Waals surface area contributed by atoms with Crippen LogP contribution in [0, 0.1) is 13.8 Å². The molecule has 1 aliphatic heterocycles. The standard InChI is InChI=1S/C14H18N6OS/c1-10-5-15-19(6-10)9-12-8-18(3-4-21-12)14-17-20-7-11(2)16-13(20)22-14/h5-7,12H,3-4,8-9H2,1-2H3/t12-/m1/s1. The minimum Gasteiger partial charge on any atom is -0.373 e. The number of ether oxygens (including phenoxy) is 1. The SMILES string of the molecule is Cc1cnn(C[C@H]2CN(c3nn4cc(C)nc4s3)CCO2)c1. The highest BCUT2D eigenvalue weighted by atomic mass is 32.1. The number of imidazole rings is 1. The van der Waals surface area contributed by atoms with Gasteiger partial charge in [0.15, 0.2) is 0 Å². The smallest absolute Gasteiger partial charge is 0.214 e. The van der Waals surface area contributed by atoms with Crippen molar-refractivity contribution in [2.45, 2.75) is 26.5 Å². The van der Waals surface area contributed by atoms with Crippen molar-refractivity contribution in [3.8, 4) is 0 Å². The molecule has 0 N–H and O–H groups in total. The molecule has 0 amide bonds. The lowest BCUT2D eigenvalue weighted by Gasteiger charge is -2.32. The molecule has 0 aromatic carbocycles. The zero-order valence-corrected chi connectivity index (χ0v) is 13.5. The van der Waals surface area contributed by atoms with Crippen LogP contribution >= 0.6 is 11.3 Å². The maximum atomic E-state index is 5.87. The van der Waals surface area contributed by atoms with Gasteiger partial charge < -0.3 is 9.64 Å². The van der Waals surface area contributed by atoms with Crippen molar-refractivity contribution in [1.29, 1.82) is 0 Å². The highest BCUT2D eigenvalue weighted by Crippen LogP contribution is 2.25. The molecule has 8 heteroatoms. The van der Waals surface area contributed by atoms with Crippen LogP contribution in [-0.2, 0) is 11.3 Å².